The lowest BCUT2D eigenvalue weighted by atomic mass is 9.98. The molecule has 0 aliphatic rings. The van der Waals surface area contributed by atoms with Gasteiger partial charge in [-0.1, -0.05) is 36.4 Å². The molecule has 0 saturated heterocycles. The molecule has 2 aromatic rings. The second-order valence-electron chi connectivity index (χ2n) is 5.31. The molecule has 0 aliphatic heterocycles. The van der Waals surface area contributed by atoms with Gasteiger partial charge in [0.15, 0.2) is 0 Å². The number of nitrogens with two attached hydrogens (primary N) is 2. The summed E-state index contributed by atoms with van der Waals surface area (Å²) in [5, 5.41) is 19.6. The predicted molar refractivity (Wildman–Crippen MR) is 82.6 cm³/mol. The zero-order valence-electron chi connectivity index (χ0n) is 11.9. The van der Waals surface area contributed by atoms with Gasteiger partial charge in [-0.25, -0.2) is 0 Å². The highest BCUT2D eigenvalue weighted by molar-refractivity contribution is 5.84. The van der Waals surface area contributed by atoms with Crippen molar-refractivity contribution in [2.24, 2.45) is 11.5 Å². The van der Waals surface area contributed by atoms with E-state index in [9.17, 15) is 9.59 Å². The Bertz CT molecular complexity index is 653. The normalized spacial score (nSPS) is 13.7. The van der Waals surface area contributed by atoms with Crippen LogP contribution in [0.2, 0.25) is 0 Å². The van der Waals surface area contributed by atoms with E-state index in [4.69, 9.17) is 21.7 Å². The van der Waals surface area contributed by atoms with E-state index < -0.39 is 24.0 Å². The molecule has 2 atom stereocenters. The van der Waals surface area contributed by atoms with Crippen LogP contribution in [-0.2, 0) is 22.4 Å². The number of hydrogen-bond acceptors (Lipinski definition) is 4. The fourth-order valence-corrected chi connectivity index (χ4v) is 2.28. The Morgan fingerprint density at radius 3 is 1.50 bits per heavy atom. The Morgan fingerprint density at radius 2 is 1.18 bits per heavy atom. The fraction of sp³-hybridized carbons (Fsp3) is 0.250. The first-order valence-electron chi connectivity index (χ1n) is 6.85. The van der Waals surface area contributed by atoms with Gasteiger partial charge in [0.05, 0.1) is 0 Å². The van der Waals surface area contributed by atoms with Crippen molar-refractivity contribution in [3.05, 3.63) is 47.5 Å². The van der Waals surface area contributed by atoms with Crippen molar-refractivity contribution in [2.75, 3.05) is 0 Å². The number of benzene rings is 2. The van der Waals surface area contributed by atoms with E-state index in [1.807, 2.05) is 36.4 Å². The van der Waals surface area contributed by atoms with Gasteiger partial charge in [-0.15, -0.1) is 0 Å². The van der Waals surface area contributed by atoms with E-state index in [2.05, 4.69) is 0 Å². The van der Waals surface area contributed by atoms with Crippen LogP contribution in [0, 0.1) is 0 Å². The Kier molecular flexibility index (Phi) is 4.75. The number of carbonyl (C=O) groups is 2. The molecule has 0 bridgehead atoms. The molecule has 2 unspecified atom stereocenters. The minimum absolute atomic E-state index is 0.261. The molecular weight excluding hydrogens is 284 g/mol. The average molecular weight is 302 g/mol. The van der Waals surface area contributed by atoms with Crippen LogP contribution in [0.3, 0.4) is 0 Å². The zero-order valence-corrected chi connectivity index (χ0v) is 11.9. The summed E-state index contributed by atoms with van der Waals surface area (Å²) in [5.41, 5.74) is 12.8. The van der Waals surface area contributed by atoms with Gasteiger partial charge < -0.3 is 21.7 Å². The smallest absolute Gasteiger partial charge is 0.320 e. The Morgan fingerprint density at radius 1 is 0.818 bits per heavy atom. The summed E-state index contributed by atoms with van der Waals surface area (Å²) in [4.78, 5) is 21.6. The third kappa shape index (κ3) is 3.81. The van der Waals surface area contributed by atoms with E-state index in [0.717, 1.165) is 21.9 Å². The number of carboxylic acids is 2. The lowest BCUT2D eigenvalue weighted by molar-refractivity contribution is -0.139. The number of rotatable bonds is 6. The molecule has 0 radical (unpaired) electrons. The third-order valence-corrected chi connectivity index (χ3v) is 3.51. The van der Waals surface area contributed by atoms with Crippen LogP contribution in [0.4, 0.5) is 0 Å². The Hall–Kier alpha value is -2.44. The van der Waals surface area contributed by atoms with Crippen molar-refractivity contribution >= 4 is 22.7 Å². The van der Waals surface area contributed by atoms with Crippen LogP contribution in [0.5, 0.6) is 0 Å². The van der Waals surface area contributed by atoms with Crippen LogP contribution >= 0.6 is 0 Å². The second-order valence-corrected chi connectivity index (χ2v) is 5.31. The summed E-state index contributed by atoms with van der Waals surface area (Å²) in [7, 11) is 0. The number of hydrogen-bond donors (Lipinski definition) is 4. The summed E-state index contributed by atoms with van der Waals surface area (Å²) in [6, 6.07) is 9.32. The summed E-state index contributed by atoms with van der Waals surface area (Å²) in [5.74, 6) is -2.06. The SMILES string of the molecule is NC(Cc1ccc2cc(CC(N)C(=O)O)ccc2c1)C(=O)O. The molecule has 0 aromatic heterocycles. The maximum Gasteiger partial charge on any atom is 0.320 e. The van der Waals surface area contributed by atoms with Gasteiger partial charge in [0.1, 0.15) is 12.1 Å². The molecule has 0 aliphatic carbocycles. The molecule has 6 nitrogen and oxygen atoms in total. The van der Waals surface area contributed by atoms with Crippen LogP contribution in [-0.4, -0.2) is 34.2 Å². The Labute approximate surface area is 127 Å². The minimum atomic E-state index is -1.03. The second kappa shape index (κ2) is 6.55. The first kappa shape index (κ1) is 15.9. The van der Waals surface area contributed by atoms with E-state index in [-0.39, 0.29) is 12.8 Å². The summed E-state index contributed by atoms with van der Waals surface area (Å²) < 4.78 is 0. The van der Waals surface area contributed by atoms with Crippen LogP contribution in [0.1, 0.15) is 11.1 Å². The van der Waals surface area contributed by atoms with Crippen molar-refractivity contribution in [1.29, 1.82) is 0 Å². The van der Waals surface area contributed by atoms with Gasteiger partial charge in [-0.3, -0.25) is 9.59 Å². The summed E-state index contributed by atoms with van der Waals surface area (Å²) in [6.07, 6.45) is 0.522. The molecule has 22 heavy (non-hydrogen) atoms. The monoisotopic (exact) mass is 302 g/mol. The van der Waals surface area contributed by atoms with Gasteiger partial charge in [-0.05, 0) is 34.7 Å². The molecular formula is C16H18N2O4. The lowest BCUT2D eigenvalue weighted by Gasteiger charge is -2.10. The maximum atomic E-state index is 10.8. The molecule has 0 spiro atoms. The summed E-state index contributed by atoms with van der Waals surface area (Å²) in [6.45, 7) is 0. The highest BCUT2D eigenvalue weighted by Crippen LogP contribution is 2.19. The van der Waals surface area contributed by atoms with E-state index in [1.165, 1.54) is 0 Å². The van der Waals surface area contributed by atoms with Gasteiger partial charge in [-0.2, -0.15) is 0 Å². The van der Waals surface area contributed by atoms with Gasteiger partial charge in [0, 0.05) is 0 Å². The molecule has 0 amide bonds. The number of fused-ring (bicyclic) bond motifs is 1. The lowest BCUT2D eigenvalue weighted by Crippen LogP contribution is -2.32. The predicted octanol–water partition coefficient (Wildman–Crippen LogP) is 0.749. The molecule has 2 rings (SSSR count). The van der Waals surface area contributed by atoms with Crippen molar-refractivity contribution in [1.82, 2.24) is 0 Å². The zero-order chi connectivity index (χ0) is 16.3. The van der Waals surface area contributed by atoms with Crippen molar-refractivity contribution in [2.45, 2.75) is 24.9 Å². The standard InChI is InChI=1S/C16H18N2O4/c17-13(15(19)20)7-9-1-3-11-6-10(2-4-12(11)5-9)8-14(18)16(21)22/h1-6,13-14H,7-8,17-18H2,(H,19,20)(H,21,22). The van der Waals surface area contributed by atoms with Gasteiger partial charge in [0.2, 0.25) is 0 Å². The quantitative estimate of drug-likeness (QED) is 0.623. The maximum absolute atomic E-state index is 10.8. The van der Waals surface area contributed by atoms with Gasteiger partial charge >= 0.3 is 11.9 Å². The molecule has 0 fully saturated rings. The van der Waals surface area contributed by atoms with Crippen LogP contribution in [0.25, 0.3) is 10.8 Å². The molecule has 2 aromatic carbocycles. The topological polar surface area (TPSA) is 127 Å². The Balaban J connectivity index is 2.21. The summed E-state index contributed by atoms with van der Waals surface area (Å²) >= 11 is 0. The highest BCUT2D eigenvalue weighted by Gasteiger charge is 2.14. The number of aliphatic carboxylic acids is 2. The van der Waals surface area contributed by atoms with E-state index in [0.29, 0.717) is 0 Å². The molecule has 0 heterocycles. The fourth-order valence-electron chi connectivity index (χ4n) is 2.28. The third-order valence-electron chi connectivity index (χ3n) is 3.51. The number of carboxylic acid groups (broad SMARTS) is 2. The van der Waals surface area contributed by atoms with Crippen molar-refractivity contribution in [3.63, 3.8) is 0 Å². The average Bonchev–Trinajstić information content (AvgIpc) is 2.47. The van der Waals surface area contributed by atoms with Crippen LogP contribution in [0.15, 0.2) is 36.4 Å². The first-order chi connectivity index (χ1) is 10.4. The minimum Gasteiger partial charge on any atom is -0.480 e. The molecule has 6 N–H and O–H groups in total. The first-order valence-corrected chi connectivity index (χ1v) is 6.85. The highest BCUT2D eigenvalue weighted by atomic mass is 16.4. The van der Waals surface area contributed by atoms with E-state index >= 15 is 0 Å². The van der Waals surface area contributed by atoms with Crippen LogP contribution < -0.4 is 11.5 Å². The molecule has 116 valence electrons. The molecule has 6 heteroatoms. The van der Waals surface area contributed by atoms with Crippen molar-refractivity contribution in [3.8, 4) is 0 Å². The molecule has 0 saturated carbocycles. The van der Waals surface area contributed by atoms with E-state index in [1.54, 1.807) is 0 Å². The largest absolute Gasteiger partial charge is 0.480 e. The van der Waals surface area contributed by atoms with Gasteiger partial charge in [0.25, 0.3) is 0 Å². The van der Waals surface area contributed by atoms with Crippen molar-refractivity contribution < 1.29 is 19.8 Å².